The third-order valence-electron chi connectivity index (χ3n) is 5.21. The van der Waals surface area contributed by atoms with Crippen LogP contribution in [0.5, 0.6) is 5.75 Å². The number of rotatable bonds is 6. The van der Waals surface area contributed by atoms with Gasteiger partial charge in [-0.2, -0.15) is 5.26 Å². The summed E-state index contributed by atoms with van der Waals surface area (Å²) in [6.07, 6.45) is 1.77. The SMILES string of the molecule is N#CC(=Cc1ccc(OCc2ccccc2)cc1)c1nc(-c2cc3ccccc3oc2=O)cs1. The summed E-state index contributed by atoms with van der Waals surface area (Å²) in [5, 5.41) is 12.8. The van der Waals surface area contributed by atoms with Gasteiger partial charge in [0.05, 0.1) is 16.8 Å². The standard InChI is InChI=1S/C28H18N2O3S/c29-16-22(14-19-10-12-23(13-11-19)32-17-20-6-2-1-3-7-20)27-30-25(18-34-27)24-15-21-8-4-5-9-26(21)33-28(24)31/h1-15,18H,17H2. The van der Waals surface area contributed by atoms with Gasteiger partial charge in [0, 0.05) is 10.8 Å². The molecule has 6 heteroatoms. The van der Waals surface area contributed by atoms with E-state index in [4.69, 9.17) is 9.15 Å². The molecule has 2 aromatic heterocycles. The Kier molecular flexibility index (Phi) is 6.02. The monoisotopic (exact) mass is 462 g/mol. The predicted molar refractivity (Wildman–Crippen MR) is 134 cm³/mol. The van der Waals surface area contributed by atoms with Crippen LogP contribution >= 0.6 is 11.3 Å². The largest absolute Gasteiger partial charge is 0.489 e. The third-order valence-corrected chi connectivity index (χ3v) is 6.09. The lowest BCUT2D eigenvalue weighted by Crippen LogP contribution is -2.02. The second-order valence-corrected chi connectivity index (χ2v) is 8.39. The highest BCUT2D eigenvalue weighted by Crippen LogP contribution is 2.28. The molecule has 0 N–H and O–H groups in total. The number of aromatic nitrogens is 1. The molecular formula is C28H18N2O3S. The fourth-order valence-corrected chi connectivity index (χ4v) is 4.26. The van der Waals surface area contributed by atoms with E-state index in [1.807, 2.05) is 72.8 Å². The summed E-state index contributed by atoms with van der Waals surface area (Å²) in [6.45, 7) is 0.490. The van der Waals surface area contributed by atoms with Gasteiger partial charge in [-0.1, -0.05) is 60.7 Å². The first-order valence-electron chi connectivity index (χ1n) is 10.6. The van der Waals surface area contributed by atoms with Crippen LogP contribution in [0.1, 0.15) is 16.1 Å². The van der Waals surface area contributed by atoms with Crippen LogP contribution in [0.2, 0.25) is 0 Å². The molecule has 0 fully saturated rings. The van der Waals surface area contributed by atoms with Crippen molar-refractivity contribution in [3.63, 3.8) is 0 Å². The van der Waals surface area contributed by atoms with Crippen LogP contribution in [0.15, 0.2) is 99.5 Å². The molecule has 3 aromatic carbocycles. The average molecular weight is 463 g/mol. The van der Waals surface area contributed by atoms with Crippen LogP contribution in [-0.4, -0.2) is 4.98 Å². The summed E-state index contributed by atoms with van der Waals surface area (Å²) in [6, 6.07) is 28.8. The molecule has 0 saturated carbocycles. The normalized spacial score (nSPS) is 11.3. The number of benzene rings is 3. The van der Waals surface area contributed by atoms with Crippen molar-refractivity contribution < 1.29 is 9.15 Å². The smallest absolute Gasteiger partial charge is 0.345 e. The van der Waals surface area contributed by atoms with Gasteiger partial charge in [-0.25, -0.2) is 9.78 Å². The van der Waals surface area contributed by atoms with E-state index < -0.39 is 5.63 Å². The number of para-hydroxylation sites is 1. The molecule has 0 aliphatic heterocycles. The molecule has 5 aromatic rings. The average Bonchev–Trinajstić information content (AvgIpc) is 3.37. The highest BCUT2D eigenvalue weighted by atomic mass is 32.1. The lowest BCUT2D eigenvalue weighted by Gasteiger charge is -2.06. The summed E-state index contributed by atoms with van der Waals surface area (Å²) in [5.74, 6) is 0.749. The Labute approximate surface area is 199 Å². The van der Waals surface area contributed by atoms with Gasteiger partial charge in [-0.3, -0.25) is 0 Å². The van der Waals surface area contributed by atoms with Crippen molar-refractivity contribution in [2.75, 3.05) is 0 Å². The molecule has 0 radical (unpaired) electrons. The minimum Gasteiger partial charge on any atom is -0.489 e. The Bertz CT molecular complexity index is 1580. The van der Waals surface area contributed by atoms with Crippen LogP contribution < -0.4 is 10.4 Å². The summed E-state index contributed by atoms with van der Waals surface area (Å²) in [4.78, 5) is 17.0. The van der Waals surface area contributed by atoms with Crippen molar-refractivity contribution in [2.24, 2.45) is 0 Å². The molecule has 0 amide bonds. The first-order chi connectivity index (χ1) is 16.7. The minimum atomic E-state index is -0.455. The maximum atomic E-state index is 12.5. The lowest BCUT2D eigenvalue weighted by atomic mass is 10.1. The number of thiazole rings is 1. The van der Waals surface area contributed by atoms with Crippen molar-refractivity contribution >= 4 is 34.0 Å². The first-order valence-corrected chi connectivity index (χ1v) is 11.5. The number of fused-ring (bicyclic) bond motifs is 1. The second-order valence-electron chi connectivity index (χ2n) is 7.54. The maximum absolute atomic E-state index is 12.5. The number of nitrogens with zero attached hydrogens (tertiary/aromatic N) is 2. The predicted octanol–water partition coefficient (Wildman–Crippen LogP) is 6.56. The van der Waals surface area contributed by atoms with Gasteiger partial charge < -0.3 is 9.15 Å². The minimum absolute atomic E-state index is 0.374. The first kappa shape index (κ1) is 21.4. The fourth-order valence-electron chi connectivity index (χ4n) is 3.47. The summed E-state index contributed by atoms with van der Waals surface area (Å²) < 4.78 is 11.2. The second kappa shape index (κ2) is 9.57. The summed E-state index contributed by atoms with van der Waals surface area (Å²) in [7, 11) is 0. The number of allylic oxidation sites excluding steroid dienone is 1. The van der Waals surface area contributed by atoms with Crippen molar-refractivity contribution in [3.05, 3.63) is 117 Å². The molecule has 5 rings (SSSR count). The molecule has 0 unspecified atom stereocenters. The Hall–Kier alpha value is -4.47. The number of hydrogen-bond acceptors (Lipinski definition) is 6. The number of ether oxygens (including phenoxy) is 1. The highest BCUT2D eigenvalue weighted by molar-refractivity contribution is 7.11. The molecule has 164 valence electrons. The molecule has 5 nitrogen and oxygen atoms in total. The van der Waals surface area contributed by atoms with Crippen LogP contribution in [-0.2, 0) is 6.61 Å². The maximum Gasteiger partial charge on any atom is 0.345 e. The van der Waals surface area contributed by atoms with E-state index >= 15 is 0 Å². The molecule has 0 spiro atoms. The molecule has 0 aliphatic rings. The zero-order chi connectivity index (χ0) is 23.3. The van der Waals surface area contributed by atoms with E-state index in [1.165, 1.54) is 11.3 Å². The van der Waals surface area contributed by atoms with Gasteiger partial charge in [0.25, 0.3) is 0 Å². The molecule has 2 heterocycles. The highest BCUT2D eigenvalue weighted by Gasteiger charge is 2.14. The molecule has 0 atom stereocenters. The number of nitriles is 1. The van der Waals surface area contributed by atoms with Gasteiger partial charge in [-0.05, 0) is 41.5 Å². The van der Waals surface area contributed by atoms with E-state index in [1.54, 1.807) is 23.6 Å². The molecule has 0 aliphatic carbocycles. The molecule has 0 bridgehead atoms. The van der Waals surface area contributed by atoms with Crippen molar-refractivity contribution in [1.82, 2.24) is 4.98 Å². The van der Waals surface area contributed by atoms with Crippen molar-refractivity contribution in [1.29, 1.82) is 5.26 Å². The van der Waals surface area contributed by atoms with Gasteiger partial charge >= 0.3 is 5.63 Å². The fraction of sp³-hybridized carbons (Fsp3) is 0.0357. The van der Waals surface area contributed by atoms with Crippen molar-refractivity contribution in [3.8, 4) is 23.1 Å². The zero-order valence-electron chi connectivity index (χ0n) is 18.0. The topological polar surface area (TPSA) is 76.1 Å². The Morgan fingerprint density at radius 3 is 2.59 bits per heavy atom. The Morgan fingerprint density at radius 2 is 1.79 bits per heavy atom. The van der Waals surface area contributed by atoms with Crippen LogP contribution in [0, 0.1) is 11.3 Å². The van der Waals surface area contributed by atoms with Gasteiger partial charge in [-0.15, -0.1) is 11.3 Å². The van der Waals surface area contributed by atoms with E-state index in [-0.39, 0.29) is 0 Å². The van der Waals surface area contributed by atoms with E-state index in [9.17, 15) is 10.1 Å². The summed E-state index contributed by atoms with van der Waals surface area (Å²) in [5.41, 5.74) is 3.30. The quantitative estimate of drug-likeness (QED) is 0.211. The molecular weight excluding hydrogens is 444 g/mol. The number of hydrogen-bond donors (Lipinski definition) is 0. The van der Waals surface area contributed by atoms with Gasteiger partial charge in [0.1, 0.15) is 29.0 Å². The van der Waals surface area contributed by atoms with Crippen LogP contribution in [0.25, 0.3) is 33.9 Å². The Morgan fingerprint density at radius 1 is 1.03 bits per heavy atom. The van der Waals surface area contributed by atoms with Gasteiger partial charge in [0.2, 0.25) is 0 Å². The van der Waals surface area contributed by atoms with E-state index in [0.29, 0.717) is 34.0 Å². The third kappa shape index (κ3) is 4.65. The van der Waals surface area contributed by atoms with Crippen LogP contribution in [0.3, 0.4) is 0 Å². The van der Waals surface area contributed by atoms with Crippen molar-refractivity contribution in [2.45, 2.75) is 6.61 Å². The van der Waals surface area contributed by atoms with Crippen LogP contribution in [0.4, 0.5) is 0 Å². The zero-order valence-corrected chi connectivity index (χ0v) is 18.8. The Balaban J connectivity index is 1.36. The lowest BCUT2D eigenvalue weighted by molar-refractivity contribution is 0.306. The molecule has 0 saturated heterocycles. The molecule has 34 heavy (non-hydrogen) atoms. The summed E-state index contributed by atoms with van der Waals surface area (Å²) >= 11 is 1.31. The van der Waals surface area contributed by atoms with E-state index in [0.717, 1.165) is 22.3 Å². The van der Waals surface area contributed by atoms with E-state index in [2.05, 4.69) is 11.1 Å². The van der Waals surface area contributed by atoms with Gasteiger partial charge in [0.15, 0.2) is 0 Å².